The molecule has 0 aromatic carbocycles. The number of hydrogen-bond acceptors (Lipinski definition) is 3. The summed E-state index contributed by atoms with van der Waals surface area (Å²) in [5.74, 6) is 3.95. The summed E-state index contributed by atoms with van der Waals surface area (Å²) in [7, 11) is 6.05. The van der Waals surface area contributed by atoms with Crippen molar-refractivity contribution in [2.75, 3.05) is 27.7 Å². The minimum absolute atomic E-state index is 0.159. The molecule has 3 saturated carbocycles. The SMILES string of the molecule is COC(C(=O)N(C)C1CCC2(C)C(=CCC3C2CCC24CN(C)C(C)C2CCC34)C1)C(C)C. The van der Waals surface area contributed by atoms with Gasteiger partial charge in [-0.05, 0) is 106 Å². The first-order valence-corrected chi connectivity index (χ1v) is 13.8. The number of carbonyl (C=O) groups excluding carboxylic acids is 1. The molecule has 4 nitrogen and oxygen atoms in total. The van der Waals surface area contributed by atoms with Crippen LogP contribution in [0, 0.1) is 40.4 Å². The fraction of sp³-hybridized carbons (Fsp3) is 0.897. The first-order valence-electron chi connectivity index (χ1n) is 13.8. The summed E-state index contributed by atoms with van der Waals surface area (Å²) in [5, 5.41) is 0. The second-order valence-corrected chi connectivity index (χ2v) is 13.1. The molecule has 9 unspecified atom stereocenters. The Labute approximate surface area is 202 Å². The Kier molecular flexibility index (Phi) is 6.04. The van der Waals surface area contributed by atoms with Gasteiger partial charge in [0.05, 0.1) is 0 Å². The van der Waals surface area contributed by atoms with Crippen LogP contribution >= 0.6 is 0 Å². The lowest BCUT2D eigenvalue weighted by atomic mass is 9.47. The van der Waals surface area contributed by atoms with Gasteiger partial charge in [0.1, 0.15) is 6.10 Å². The highest BCUT2D eigenvalue weighted by atomic mass is 16.5. The molecule has 0 N–H and O–H groups in total. The van der Waals surface area contributed by atoms with Crippen LogP contribution in [0.15, 0.2) is 11.6 Å². The van der Waals surface area contributed by atoms with Gasteiger partial charge in [-0.15, -0.1) is 0 Å². The maximum Gasteiger partial charge on any atom is 0.251 e. The van der Waals surface area contributed by atoms with Gasteiger partial charge in [0.25, 0.3) is 5.91 Å². The quantitative estimate of drug-likeness (QED) is 0.533. The highest BCUT2D eigenvalue weighted by Crippen LogP contribution is 2.68. The van der Waals surface area contributed by atoms with Gasteiger partial charge < -0.3 is 14.5 Å². The molecule has 1 saturated heterocycles. The summed E-state index contributed by atoms with van der Waals surface area (Å²) in [6, 6.07) is 1.09. The average Bonchev–Trinajstić information content (AvgIpc) is 3.26. The molecule has 1 heterocycles. The molecule has 0 aromatic rings. The van der Waals surface area contributed by atoms with Crippen LogP contribution in [0.3, 0.4) is 0 Å². The Morgan fingerprint density at radius 3 is 2.58 bits per heavy atom. The van der Waals surface area contributed by atoms with E-state index in [9.17, 15) is 4.79 Å². The zero-order chi connectivity index (χ0) is 23.7. The summed E-state index contributed by atoms with van der Waals surface area (Å²) < 4.78 is 5.56. The smallest absolute Gasteiger partial charge is 0.251 e. The van der Waals surface area contributed by atoms with Crippen LogP contribution in [0.5, 0.6) is 0 Å². The van der Waals surface area contributed by atoms with Gasteiger partial charge in [-0.3, -0.25) is 4.79 Å². The van der Waals surface area contributed by atoms with E-state index in [0.29, 0.717) is 16.9 Å². The molecule has 4 aliphatic carbocycles. The fourth-order valence-electron chi connectivity index (χ4n) is 9.81. The zero-order valence-corrected chi connectivity index (χ0v) is 22.3. The monoisotopic (exact) mass is 456 g/mol. The van der Waals surface area contributed by atoms with Crippen molar-refractivity contribution in [1.82, 2.24) is 9.80 Å². The molecule has 5 rings (SSSR count). The van der Waals surface area contributed by atoms with Gasteiger partial charge in [-0.25, -0.2) is 0 Å². The Bertz CT molecular complexity index is 807. The number of hydrogen-bond donors (Lipinski definition) is 0. The lowest BCUT2D eigenvalue weighted by Gasteiger charge is -2.58. The Morgan fingerprint density at radius 2 is 1.88 bits per heavy atom. The molecule has 0 bridgehead atoms. The number of likely N-dealkylation sites (tertiary alicyclic amines) is 1. The van der Waals surface area contributed by atoms with Gasteiger partial charge in [0.2, 0.25) is 0 Å². The highest BCUT2D eigenvalue weighted by Gasteiger charge is 2.64. The minimum atomic E-state index is -0.329. The van der Waals surface area contributed by atoms with E-state index in [1.54, 1.807) is 12.7 Å². The topological polar surface area (TPSA) is 32.8 Å². The van der Waals surface area contributed by atoms with Gasteiger partial charge in [0.15, 0.2) is 0 Å². The van der Waals surface area contributed by atoms with Crippen molar-refractivity contribution < 1.29 is 9.53 Å². The summed E-state index contributed by atoms with van der Waals surface area (Å²) in [6.45, 7) is 10.6. The largest absolute Gasteiger partial charge is 0.371 e. The summed E-state index contributed by atoms with van der Waals surface area (Å²) >= 11 is 0. The van der Waals surface area contributed by atoms with Gasteiger partial charge in [-0.1, -0.05) is 32.4 Å². The van der Waals surface area contributed by atoms with Crippen molar-refractivity contribution in [3.63, 3.8) is 0 Å². The van der Waals surface area contributed by atoms with Crippen LogP contribution in [0.1, 0.15) is 79.1 Å². The Balaban J connectivity index is 1.34. The number of amides is 1. The maximum atomic E-state index is 13.1. The van der Waals surface area contributed by atoms with Crippen LogP contribution < -0.4 is 0 Å². The number of likely N-dealkylation sites (N-methyl/N-ethyl adjacent to an activating group) is 1. The number of ether oxygens (including phenoxy) is 1. The van der Waals surface area contributed by atoms with E-state index >= 15 is 0 Å². The van der Waals surface area contributed by atoms with Crippen molar-refractivity contribution in [2.24, 2.45) is 40.4 Å². The van der Waals surface area contributed by atoms with Crippen molar-refractivity contribution in [1.29, 1.82) is 0 Å². The predicted octanol–water partition coefficient (Wildman–Crippen LogP) is 5.38. The van der Waals surface area contributed by atoms with Crippen molar-refractivity contribution >= 4 is 5.91 Å². The normalized spacial score (nSPS) is 45.6. The first kappa shape index (κ1) is 23.9. The Morgan fingerprint density at radius 1 is 1.15 bits per heavy atom. The van der Waals surface area contributed by atoms with Gasteiger partial charge >= 0.3 is 0 Å². The van der Waals surface area contributed by atoms with E-state index in [1.165, 1.54) is 45.1 Å². The van der Waals surface area contributed by atoms with Gasteiger partial charge in [-0.2, -0.15) is 0 Å². The lowest BCUT2D eigenvalue weighted by molar-refractivity contribution is -0.146. The molecule has 33 heavy (non-hydrogen) atoms. The maximum absolute atomic E-state index is 13.1. The van der Waals surface area contributed by atoms with E-state index in [4.69, 9.17) is 4.74 Å². The highest BCUT2D eigenvalue weighted by molar-refractivity contribution is 5.81. The van der Waals surface area contributed by atoms with Crippen LogP contribution in [-0.4, -0.2) is 61.6 Å². The summed E-state index contributed by atoms with van der Waals surface area (Å²) in [6.07, 6.45) is 12.8. The lowest BCUT2D eigenvalue weighted by Crippen LogP contribution is -2.53. The second kappa shape index (κ2) is 8.36. The third-order valence-electron chi connectivity index (χ3n) is 11.7. The number of allylic oxidation sites excluding steroid dienone is 1. The molecule has 1 amide bonds. The van der Waals surface area contributed by atoms with E-state index in [0.717, 1.165) is 42.6 Å². The molecule has 5 aliphatic rings. The van der Waals surface area contributed by atoms with E-state index in [2.05, 4.69) is 45.7 Å². The number of methoxy groups -OCH3 is 1. The number of fused-ring (bicyclic) bond motifs is 4. The van der Waals surface area contributed by atoms with E-state index in [-0.39, 0.29) is 17.9 Å². The zero-order valence-electron chi connectivity index (χ0n) is 22.3. The van der Waals surface area contributed by atoms with Crippen LogP contribution in [-0.2, 0) is 9.53 Å². The van der Waals surface area contributed by atoms with Crippen LogP contribution in [0.4, 0.5) is 0 Å². The second-order valence-electron chi connectivity index (χ2n) is 13.1. The molecular weight excluding hydrogens is 408 g/mol. The number of nitrogens with zero attached hydrogens (tertiary/aromatic N) is 2. The number of rotatable bonds is 4. The van der Waals surface area contributed by atoms with Gasteiger partial charge in [0, 0.05) is 32.8 Å². The van der Waals surface area contributed by atoms with Crippen molar-refractivity contribution in [2.45, 2.75) is 97.2 Å². The molecule has 4 heteroatoms. The predicted molar refractivity (Wildman–Crippen MR) is 134 cm³/mol. The molecule has 186 valence electrons. The fourth-order valence-corrected chi connectivity index (χ4v) is 9.81. The third kappa shape index (κ3) is 3.40. The molecule has 0 aromatic heterocycles. The third-order valence-corrected chi connectivity index (χ3v) is 11.7. The molecule has 1 spiro atoms. The van der Waals surface area contributed by atoms with Crippen LogP contribution in [0.25, 0.3) is 0 Å². The summed E-state index contributed by atoms with van der Waals surface area (Å²) in [5.41, 5.74) is 2.62. The molecule has 4 fully saturated rings. The standard InChI is InChI=1S/C29H48N2O2/c1-18(2)26(33-7)27(32)31(6)21-12-14-28(4)20(16-21)8-9-22-24(28)13-15-29-17-30(5)19(3)23(29)10-11-25(22)29/h8,18-19,21-26H,9-17H2,1-7H3. The van der Waals surface area contributed by atoms with E-state index < -0.39 is 0 Å². The molecule has 9 atom stereocenters. The number of carbonyl (C=O) groups is 1. The Hall–Kier alpha value is -0.870. The van der Waals surface area contributed by atoms with Crippen molar-refractivity contribution in [3.05, 3.63) is 11.6 Å². The van der Waals surface area contributed by atoms with E-state index in [1.807, 2.05) is 11.9 Å². The molecule has 0 radical (unpaired) electrons. The molecule has 1 aliphatic heterocycles. The summed E-state index contributed by atoms with van der Waals surface area (Å²) in [4.78, 5) is 17.8. The first-order chi connectivity index (χ1) is 15.6. The van der Waals surface area contributed by atoms with Crippen molar-refractivity contribution in [3.8, 4) is 0 Å². The minimum Gasteiger partial charge on any atom is -0.371 e. The molecular formula is C29H48N2O2. The van der Waals surface area contributed by atoms with Crippen LogP contribution in [0.2, 0.25) is 0 Å². The average molecular weight is 457 g/mol.